The van der Waals surface area contributed by atoms with Gasteiger partial charge in [0, 0.05) is 31.9 Å². The van der Waals surface area contributed by atoms with Crippen LogP contribution in [0.4, 0.5) is 0 Å². The molecule has 0 saturated heterocycles. The zero-order chi connectivity index (χ0) is 13.8. The molecule has 1 unspecified atom stereocenters. The fourth-order valence-corrected chi connectivity index (χ4v) is 2.33. The minimum Gasteiger partial charge on any atom is -0.392 e. The van der Waals surface area contributed by atoms with E-state index in [1.165, 1.54) is 5.56 Å². The van der Waals surface area contributed by atoms with Gasteiger partial charge in [0.1, 0.15) is 6.10 Å². The summed E-state index contributed by atoms with van der Waals surface area (Å²) in [6.07, 6.45) is 6.68. The van der Waals surface area contributed by atoms with Gasteiger partial charge in [-0.25, -0.2) is 4.98 Å². The number of hydrogen-bond acceptors (Lipinski definition) is 4. The van der Waals surface area contributed by atoms with Crippen LogP contribution in [0.5, 0.6) is 0 Å². The lowest BCUT2D eigenvalue weighted by atomic mass is 10.1. The molecule has 0 amide bonds. The number of nitrogens with one attached hydrogen (secondary N) is 1. The number of benzene rings is 1. The SMILES string of the molecule is CC1CC(CNCc2ccccc2-n2ccnc2)=NO1. The van der Waals surface area contributed by atoms with Crippen molar-refractivity contribution in [2.24, 2.45) is 5.16 Å². The number of rotatable bonds is 5. The van der Waals surface area contributed by atoms with Crippen molar-refractivity contribution in [2.75, 3.05) is 6.54 Å². The van der Waals surface area contributed by atoms with Crippen LogP contribution >= 0.6 is 0 Å². The molecule has 104 valence electrons. The lowest BCUT2D eigenvalue weighted by Crippen LogP contribution is -2.22. The highest BCUT2D eigenvalue weighted by molar-refractivity contribution is 5.87. The van der Waals surface area contributed by atoms with Crippen molar-refractivity contribution in [1.29, 1.82) is 0 Å². The standard InChI is InChI=1S/C15H18N4O/c1-12-8-14(18-20-12)10-17-9-13-4-2-3-5-15(13)19-7-6-16-11-19/h2-7,11-12,17H,8-10H2,1H3. The van der Waals surface area contributed by atoms with E-state index in [1.807, 2.05) is 30.1 Å². The first-order chi connectivity index (χ1) is 9.83. The first-order valence-electron chi connectivity index (χ1n) is 6.81. The summed E-state index contributed by atoms with van der Waals surface area (Å²) in [6, 6.07) is 8.31. The average molecular weight is 270 g/mol. The van der Waals surface area contributed by atoms with E-state index in [2.05, 4.69) is 33.7 Å². The summed E-state index contributed by atoms with van der Waals surface area (Å²) in [5, 5.41) is 7.48. The maximum Gasteiger partial charge on any atom is 0.130 e. The van der Waals surface area contributed by atoms with Crippen LogP contribution in [-0.2, 0) is 11.4 Å². The van der Waals surface area contributed by atoms with Gasteiger partial charge in [0.25, 0.3) is 0 Å². The van der Waals surface area contributed by atoms with Gasteiger partial charge >= 0.3 is 0 Å². The van der Waals surface area contributed by atoms with E-state index in [0.717, 1.165) is 30.9 Å². The lowest BCUT2D eigenvalue weighted by molar-refractivity contribution is 0.0995. The number of oxime groups is 1. The normalized spacial score (nSPS) is 17.9. The van der Waals surface area contributed by atoms with Gasteiger partial charge in [0.2, 0.25) is 0 Å². The Morgan fingerprint density at radius 1 is 1.35 bits per heavy atom. The predicted octanol–water partition coefficient (Wildman–Crippen LogP) is 2.13. The second kappa shape index (κ2) is 5.88. The van der Waals surface area contributed by atoms with Crippen molar-refractivity contribution < 1.29 is 4.84 Å². The van der Waals surface area contributed by atoms with E-state index in [4.69, 9.17) is 4.84 Å². The minimum atomic E-state index is 0.213. The number of para-hydroxylation sites is 1. The van der Waals surface area contributed by atoms with E-state index in [0.29, 0.717) is 0 Å². The highest BCUT2D eigenvalue weighted by Gasteiger charge is 2.15. The van der Waals surface area contributed by atoms with Crippen LogP contribution in [-0.4, -0.2) is 27.9 Å². The Bertz CT molecular complexity index is 592. The molecule has 1 aliphatic rings. The molecule has 1 aliphatic heterocycles. The van der Waals surface area contributed by atoms with E-state index in [9.17, 15) is 0 Å². The monoisotopic (exact) mass is 270 g/mol. The molecule has 1 aromatic heterocycles. The van der Waals surface area contributed by atoms with Gasteiger partial charge in [0.05, 0.1) is 17.7 Å². The Morgan fingerprint density at radius 3 is 3.00 bits per heavy atom. The Hall–Kier alpha value is -2.14. The summed E-state index contributed by atoms with van der Waals surface area (Å²) >= 11 is 0. The number of aromatic nitrogens is 2. The van der Waals surface area contributed by atoms with Crippen LogP contribution in [0.1, 0.15) is 18.9 Å². The van der Waals surface area contributed by atoms with Gasteiger partial charge < -0.3 is 14.7 Å². The first-order valence-corrected chi connectivity index (χ1v) is 6.81. The third kappa shape index (κ3) is 2.88. The zero-order valence-electron chi connectivity index (χ0n) is 11.5. The molecule has 0 aliphatic carbocycles. The third-order valence-electron chi connectivity index (χ3n) is 3.30. The smallest absolute Gasteiger partial charge is 0.130 e. The molecule has 5 heteroatoms. The maximum atomic E-state index is 5.19. The molecule has 0 radical (unpaired) electrons. The first kappa shape index (κ1) is 12.9. The quantitative estimate of drug-likeness (QED) is 0.905. The largest absolute Gasteiger partial charge is 0.392 e. The molecular weight excluding hydrogens is 252 g/mol. The van der Waals surface area contributed by atoms with Crippen molar-refractivity contribution >= 4 is 5.71 Å². The summed E-state index contributed by atoms with van der Waals surface area (Å²) in [5.74, 6) is 0. The molecule has 2 heterocycles. The zero-order valence-corrected chi connectivity index (χ0v) is 11.5. The van der Waals surface area contributed by atoms with Crippen LogP contribution in [0.3, 0.4) is 0 Å². The van der Waals surface area contributed by atoms with Crippen LogP contribution in [0.2, 0.25) is 0 Å². The maximum absolute atomic E-state index is 5.19. The van der Waals surface area contributed by atoms with Crippen molar-refractivity contribution in [3.05, 3.63) is 48.5 Å². The summed E-state index contributed by atoms with van der Waals surface area (Å²) in [4.78, 5) is 9.28. The molecule has 0 fully saturated rings. The van der Waals surface area contributed by atoms with Crippen LogP contribution in [0.15, 0.2) is 48.1 Å². The number of nitrogens with zero attached hydrogens (tertiary/aromatic N) is 3. The van der Waals surface area contributed by atoms with Gasteiger partial charge in [-0.15, -0.1) is 0 Å². The molecule has 2 aromatic rings. The van der Waals surface area contributed by atoms with E-state index >= 15 is 0 Å². The van der Waals surface area contributed by atoms with Crippen molar-refractivity contribution in [1.82, 2.24) is 14.9 Å². The molecular formula is C15H18N4O. The Kier molecular flexibility index (Phi) is 3.78. The molecule has 5 nitrogen and oxygen atoms in total. The Labute approximate surface area is 118 Å². The van der Waals surface area contributed by atoms with Crippen LogP contribution in [0.25, 0.3) is 5.69 Å². The van der Waals surface area contributed by atoms with E-state index in [-0.39, 0.29) is 6.10 Å². The van der Waals surface area contributed by atoms with Crippen LogP contribution < -0.4 is 5.32 Å². The lowest BCUT2D eigenvalue weighted by Gasteiger charge is -2.10. The molecule has 0 bridgehead atoms. The predicted molar refractivity (Wildman–Crippen MR) is 77.9 cm³/mol. The number of imidazole rings is 1. The van der Waals surface area contributed by atoms with Gasteiger partial charge in [0.15, 0.2) is 0 Å². The second-order valence-electron chi connectivity index (χ2n) is 4.98. The summed E-state index contributed by atoms with van der Waals surface area (Å²) in [5.41, 5.74) is 3.46. The third-order valence-corrected chi connectivity index (χ3v) is 3.30. The Morgan fingerprint density at radius 2 is 2.25 bits per heavy atom. The van der Waals surface area contributed by atoms with E-state index < -0.39 is 0 Å². The van der Waals surface area contributed by atoms with Gasteiger partial charge in [-0.05, 0) is 18.6 Å². The van der Waals surface area contributed by atoms with E-state index in [1.54, 1.807) is 6.20 Å². The highest BCUT2D eigenvalue weighted by Crippen LogP contribution is 2.14. The van der Waals surface area contributed by atoms with Gasteiger partial charge in [-0.1, -0.05) is 23.4 Å². The molecule has 20 heavy (non-hydrogen) atoms. The van der Waals surface area contributed by atoms with Crippen LogP contribution in [0, 0.1) is 0 Å². The minimum absolute atomic E-state index is 0.213. The molecule has 1 atom stereocenters. The molecule has 1 N–H and O–H groups in total. The molecule has 3 rings (SSSR count). The number of hydrogen-bond donors (Lipinski definition) is 1. The second-order valence-corrected chi connectivity index (χ2v) is 4.98. The van der Waals surface area contributed by atoms with Crippen molar-refractivity contribution in [3.8, 4) is 5.69 Å². The van der Waals surface area contributed by atoms with Crippen molar-refractivity contribution in [3.63, 3.8) is 0 Å². The Balaban J connectivity index is 1.63. The molecule has 0 saturated carbocycles. The van der Waals surface area contributed by atoms with Gasteiger partial charge in [-0.3, -0.25) is 0 Å². The fourth-order valence-electron chi connectivity index (χ4n) is 2.33. The topological polar surface area (TPSA) is 51.4 Å². The fraction of sp³-hybridized carbons (Fsp3) is 0.333. The average Bonchev–Trinajstić information content (AvgIpc) is 3.11. The molecule has 1 aromatic carbocycles. The summed E-state index contributed by atoms with van der Waals surface area (Å²) in [6.45, 7) is 3.59. The summed E-state index contributed by atoms with van der Waals surface area (Å²) in [7, 11) is 0. The molecule has 0 spiro atoms. The van der Waals surface area contributed by atoms with Gasteiger partial charge in [-0.2, -0.15) is 0 Å². The van der Waals surface area contributed by atoms with Crippen molar-refractivity contribution in [2.45, 2.75) is 26.0 Å². The summed E-state index contributed by atoms with van der Waals surface area (Å²) < 4.78 is 2.02. The highest BCUT2D eigenvalue weighted by atomic mass is 16.6.